The van der Waals surface area contributed by atoms with Gasteiger partial charge < -0.3 is 23.9 Å². The van der Waals surface area contributed by atoms with E-state index in [4.69, 9.17) is 4.74 Å². The third-order valence-corrected chi connectivity index (χ3v) is 9.66. The Morgan fingerprint density at radius 3 is 2.43 bits per heavy atom. The Bertz CT molecular complexity index is 1690. The molecule has 4 heterocycles. The van der Waals surface area contributed by atoms with Gasteiger partial charge in [-0.25, -0.2) is 4.79 Å². The molecule has 4 aromatic rings. The van der Waals surface area contributed by atoms with Crippen molar-refractivity contribution in [1.29, 1.82) is 0 Å². The number of fused-ring (bicyclic) bond motifs is 4. The van der Waals surface area contributed by atoms with Crippen LogP contribution in [-0.2, 0) is 24.4 Å². The Balaban J connectivity index is 1.53. The van der Waals surface area contributed by atoms with Crippen molar-refractivity contribution >= 4 is 33.7 Å². The summed E-state index contributed by atoms with van der Waals surface area (Å²) in [6.45, 7) is 5.34. The number of carbonyl (C=O) groups is 2. The number of benzene rings is 2. The molecule has 1 amide bonds. The van der Waals surface area contributed by atoms with E-state index in [-0.39, 0.29) is 5.91 Å². The SMILES string of the molecule is CN(C)C(=O)c1c(CN2CCOCC2)c2cccc3c2n1CCCn1c-3c(C2CCCCC2)c2ccc(C(=O)O)cc21. The Morgan fingerprint density at radius 1 is 0.929 bits per heavy atom. The van der Waals surface area contributed by atoms with Crippen molar-refractivity contribution in [3.05, 3.63) is 58.8 Å². The summed E-state index contributed by atoms with van der Waals surface area (Å²) in [5, 5.41) is 12.2. The number of hydrogen-bond donors (Lipinski definition) is 1. The molecule has 1 aliphatic carbocycles. The fourth-order valence-electron chi connectivity index (χ4n) is 7.72. The topological polar surface area (TPSA) is 79.9 Å². The van der Waals surface area contributed by atoms with Crippen LogP contribution in [0.3, 0.4) is 0 Å². The summed E-state index contributed by atoms with van der Waals surface area (Å²) in [4.78, 5) is 30.0. The number of amides is 1. The second kappa shape index (κ2) is 10.9. The van der Waals surface area contributed by atoms with Crippen molar-refractivity contribution in [2.75, 3.05) is 40.4 Å². The third kappa shape index (κ3) is 4.43. The Kier molecular flexibility index (Phi) is 7.06. The molecule has 0 unspecified atom stereocenters. The quantitative estimate of drug-likeness (QED) is 0.322. The molecule has 0 bridgehead atoms. The smallest absolute Gasteiger partial charge is 0.335 e. The number of carbonyl (C=O) groups excluding carboxylic acids is 1. The van der Waals surface area contributed by atoms with Crippen molar-refractivity contribution in [2.24, 2.45) is 0 Å². The lowest BCUT2D eigenvalue weighted by Crippen LogP contribution is -2.36. The zero-order valence-electron chi connectivity index (χ0n) is 24.7. The summed E-state index contributed by atoms with van der Waals surface area (Å²) >= 11 is 0. The van der Waals surface area contributed by atoms with Gasteiger partial charge in [-0.3, -0.25) is 9.69 Å². The van der Waals surface area contributed by atoms with Crippen molar-refractivity contribution in [3.63, 3.8) is 0 Å². The highest BCUT2D eigenvalue weighted by molar-refractivity contribution is 6.08. The standard InChI is InChI=1S/C34H40N4O4/c1-35(2)33(39)32-27(21-36-16-18-42-19-17-36)24-10-6-11-26-30(24)38(32)15-7-14-37-28-20-23(34(40)41)12-13-25(28)29(31(26)37)22-8-4-3-5-9-22/h6,10-13,20,22H,3-5,7-9,14-19,21H2,1-2H3,(H,40,41). The predicted molar refractivity (Wildman–Crippen MR) is 164 cm³/mol. The van der Waals surface area contributed by atoms with E-state index in [2.05, 4.69) is 32.2 Å². The van der Waals surface area contributed by atoms with E-state index in [1.807, 2.05) is 26.2 Å². The van der Waals surface area contributed by atoms with Crippen LogP contribution < -0.4 is 0 Å². The molecule has 7 rings (SSSR count). The van der Waals surface area contributed by atoms with Gasteiger partial charge in [0.25, 0.3) is 5.91 Å². The molecule has 1 N–H and O–H groups in total. The number of morpholine rings is 1. The summed E-state index contributed by atoms with van der Waals surface area (Å²) in [5.74, 6) is -0.421. The molecular weight excluding hydrogens is 528 g/mol. The maximum Gasteiger partial charge on any atom is 0.335 e. The number of nitrogens with zero attached hydrogens (tertiary/aromatic N) is 4. The number of rotatable bonds is 5. The summed E-state index contributed by atoms with van der Waals surface area (Å²) < 4.78 is 10.3. The normalized spacial score (nSPS) is 18.1. The van der Waals surface area contributed by atoms with E-state index in [1.54, 1.807) is 11.0 Å². The number of aryl methyl sites for hydroxylation is 2. The number of carboxylic acid groups (broad SMARTS) is 1. The monoisotopic (exact) mass is 568 g/mol. The number of hydrogen-bond acceptors (Lipinski definition) is 4. The molecule has 1 saturated heterocycles. The van der Waals surface area contributed by atoms with Crippen LogP contribution in [0.5, 0.6) is 0 Å². The maximum absolute atomic E-state index is 13.9. The fourth-order valence-corrected chi connectivity index (χ4v) is 7.72. The minimum atomic E-state index is -0.895. The van der Waals surface area contributed by atoms with E-state index in [9.17, 15) is 14.7 Å². The van der Waals surface area contributed by atoms with Crippen LogP contribution in [0.15, 0.2) is 36.4 Å². The van der Waals surface area contributed by atoms with Crippen molar-refractivity contribution in [2.45, 2.75) is 64.1 Å². The molecule has 0 radical (unpaired) electrons. The first-order valence-electron chi connectivity index (χ1n) is 15.5. The lowest BCUT2D eigenvalue weighted by molar-refractivity contribution is 0.0341. The lowest BCUT2D eigenvalue weighted by atomic mass is 9.81. The van der Waals surface area contributed by atoms with Crippen LogP contribution in [-0.4, -0.2) is 76.3 Å². The highest BCUT2D eigenvalue weighted by Crippen LogP contribution is 2.47. The van der Waals surface area contributed by atoms with Gasteiger partial charge in [-0.05, 0) is 42.9 Å². The molecule has 0 atom stereocenters. The molecule has 0 spiro atoms. The molecule has 8 nitrogen and oxygen atoms in total. The number of aromatic carboxylic acids is 1. The summed E-state index contributed by atoms with van der Waals surface area (Å²) in [7, 11) is 3.68. The van der Waals surface area contributed by atoms with Gasteiger partial charge in [0.1, 0.15) is 5.69 Å². The van der Waals surface area contributed by atoms with E-state index in [1.165, 1.54) is 35.9 Å². The molecule has 1 saturated carbocycles. The van der Waals surface area contributed by atoms with Crippen LogP contribution >= 0.6 is 0 Å². The first kappa shape index (κ1) is 27.2. The fraction of sp³-hybridized carbons (Fsp3) is 0.471. The number of ether oxygens (including phenoxy) is 1. The summed E-state index contributed by atoms with van der Waals surface area (Å²) in [6.07, 6.45) is 6.85. The predicted octanol–water partition coefficient (Wildman–Crippen LogP) is 5.95. The van der Waals surface area contributed by atoms with Crippen LogP contribution in [0.25, 0.3) is 33.1 Å². The molecule has 2 aliphatic heterocycles. The Labute approximate surface area is 246 Å². The Hall–Kier alpha value is -3.62. The highest BCUT2D eigenvalue weighted by Gasteiger charge is 2.32. The number of carboxylic acids is 1. The Morgan fingerprint density at radius 2 is 1.69 bits per heavy atom. The van der Waals surface area contributed by atoms with Crippen LogP contribution in [0, 0.1) is 0 Å². The molecule has 2 aromatic heterocycles. The van der Waals surface area contributed by atoms with E-state index >= 15 is 0 Å². The van der Waals surface area contributed by atoms with Gasteiger partial charge in [-0.15, -0.1) is 0 Å². The second-order valence-corrected chi connectivity index (χ2v) is 12.4. The molecule has 2 fully saturated rings. The van der Waals surface area contributed by atoms with Gasteiger partial charge in [-0.1, -0.05) is 43.5 Å². The van der Waals surface area contributed by atoms with Gasteiger partial charge >= 0.3 is 5.97 Å². The van der Waals surface area contributed by atoms with Crippen molar-refractivity contribution in [3.8, 4) is 11.3 Å². The number of para-hydroxylation sites is 1. The zero-order valence-corrected chi connectivity index (χ0v) is 24.7. The maximum atomic E-state index is 13.9. The van der Waals surface area contributed by atoms with E-state index < -0.39 is 5.97 Å². The van der Waals surface area contributed by atoms with Crippen molar-refractivity contribution < 1.29 is 19.4 Å². The first-order chi connectivity index (χ1) is 20.4. The van der Waals surface area contributed by atoms with Crippen LogP contribution in [0.1, 0.15) is 76.4 Å². The summed E-state index contributed by atoms with van der Waals surface area (Å²) in [6, 6.07) is 12.2. The van der Waals surface area contributed by atoms with Crippen LogP contribution in [0.2, 0.25) is 0 Å². The van der Waals surface area contributed by atoms with E-state index in [0.717, 1.165) is 78.7 Å². The minimum Gasteiger partial charge on any atom is -0.478 e. The van der Waals surface area contributed by atoms with Crippen molar-refractivity contribution in [1.82, 2.24) is 18.9 Å². The molecule has 8 heteroatoms. The van der Waals surface area contributed by atoms with Gasteiger partial charge in [0.15, 0.2) is 0 Å². The minimum absolute atomic E-state index is 0.0418. The van der Waals surface area contributed by atoms with Gasteiger partial charge in [0.2, 0.25) is 0 Å². The second-order valence-electron chi connectivity index (χ2n) is 12.4. The lowest BCUT2D eigenvalue weighted by Gasteiger charge is -2.27. The average molecular weight is 569 g/mol. The van der Waals surface area contributed by atoms with Crippen LogP contribution in [0.4, 0.5) is 0 Å². The number of aromatic nitrogens is 2. The van der Waals surface area contributed by atoms with Gasteiger partial charge in [0, 0.05) is 74.2 Å². The molecule has 3 aliphatic rings. The molecule has 42 heavy (non-hydrogen) atoms. The van der Waals surface area contributed by atoms with E-state index in [0.29, 0.717) is 31.2 Å². The summed E-state index contributed by atoms with van der Waals surface area (Å²) in [5.41, 5.74) is 8.10. The third-order valence-electron chi connectivity index (χ3n) is 9.66. The van der Waals surface area contributed by atoms with Gasteiger partial charge in [0.05, 0.1) is 30.0 Å². The molecule has 2 aromatic carbocycles. The first-order valence-corrected chi connectivity index (χ1v) is 15.5. The molecule has 220 valence electrons. The largest absolute Gasteiger partial charge is 0.478 e. The average Bonchev–Trinajstić information content (AvgIpc) is 3.48. The molecular formula is C34H40N4O4. The zero-order chi connectivity index (χ0) is 29.0. The highest BCUT2D eigenvalue weighted by atomic mass is 16.5. The van der Waals surface area contributed by atoms with Gasteiger partial charge in [-0.2, -0.15) is 0 Å².